The van der Waals surface area contributed by atoms with Crippen molar-refractivity contribution in [3.63, 3.8) is 0 Å². The normalized spacial score (nSPS) is 12.0. The summed E-state index contributed by atoms with van der Waals surface area (Å²) in [7, 11) is -1.87. The van der Waals surface area contributed by atoms with Gasteiger partial charge in [0.2, 0.25) is 10.0 Å². The molecule has 19 heavy (non-hydrogen) atoms. The topological polar surface area (TPSA) is 76.3 Å². The second-order valence-corrected chi connectivity index (χ2v) is 6.14. The first-order valence-corrected chi connectivity index (χ1v) is 7.26. The van der Waals surface area contributed by atoms with Gasteiger partial charge in [0.25, 0.3) is 5.89 Å². The fraction of sp³-hybridized carbons (Fsp3) is 0.333. The second kappa shape index (κ2) is 5.10. The van der Waals surface area contributed by atoms with Crippen molar-refractivity contribution in [2.45, 2.75) is 18.7 Å². The number of aromatic nitrogens is 2. The molecule has 1 aromatic heterocycles. The van der Waals surface area contributed by atoms with Crippen LogP contribution in [0.5, 0.6) is 0 Å². The summed E-state index contributed by atoms with van der Waals surface area (Å²) in [6.45, 7) is 3.93. The van der Waals surface area contributed by atoms with Crippen molar-refractivity contribution in [1.82, 2.24) is 14.4 Å². The Labute approximate surface area is 112 Å². The van der Waals surface area contributed by atoms with Gasteiger partial charge in [-0.25, -0.2) is 12.7 Å². The molecule has 0 radical (unpaired) electrons. The first-order valence-electron chi connectivity index (χ1n) is 5.82. The van der Waals surface area contributed by atoms with Crippen molar-refractivity contribution >= 4 is 10.0 Å². The molecule has 1 aromatic carbocycles. The third-order valence-corrected chi connectivity index (χ3v) is 4.73. The summed E-state index contributed by atoms with van der Waals surface area (Å²) in [6.07, 6.45) is 0. The zero-order valence-corrected chi connectivity index (χ0v) is 11.8. The molecule has 0 amide bonds. The molecule has 0 aliphatic heterocycles. The van der Waals surface area contributed by atoms with Crippen LogP contribution in [0.4, 0.5) is 0 Å². The number of rotatable bonds is 4. The molecule has 2 rings (SSSR count). The van der Waals surface area contributed by atoms with Crippen LogP contribution in [0, 0.1) is 6.92 Å². The summed E-state index contributed by atoms with van der Waals surface area (Å²) in [4.78, 5) is 4.33. The molecule has 0 unspecified atom stereocenters. The first kappa shape index (κ1) is 13.7. The highest BCUT2D eigenvalue weighted by Gasteiger charge is 2.19. The predicted molar refractivity (Wildman–Crippen MR) is 70.0 cm³/mol. The number of hydrogen-bond donors (Lipinski definition) is 0. The van der Waals surface area contributed by atoms with Gasteiger partial charge in [-0.05, 0) is 31.2 Å². The Hall–Kier alpha value is -1.73. The van der Waals surface area contributed by atoms with Crippen LogP contribution in [0.25, 0.3) is 11.5 Å². The van der Waals surface area contributed by atoms with Gasteiger partial charge in [0.05, 0.1) is 4.90 Å². The molecule has 6 nitrogen and oxygen atoms in total. The van der Waals surface area contributed by atoms with Crippen molar-refractivity contribution in [1.29, 1.82) is 0 Å². The van der Waals surface area contributed by atoms with E-state index in [1.807, 2.05) is 0 Å². The molecule has 102 valence electrons. The molecule has 7 heteroatoms. The first-order chi connectivity index (χ1) is 8.95. The van der Waals surface area contributed by atoms with E-state index < -0.39 is 10.0 Å². The average molecular weight is 281 g/mol. The van der Waals surface area contributed by atoms with E-state index >= 15 is 0 Å². The predicted octanol–water partition coefficient (Wildman–Crippen LogP) is 1.69. The van der Waals surface area contributed by atoms with Crippen LogP contribution in [0.1, 0.15) is 12.7 Å². The minimum absolute atomic E-state index is 0.247. The van der Waals surface area contributed by atoms with E-state index in [-0.39, 0.29) is 4.90 Å². The lowest BCUT2D eigenvalue weighted by atomic mass is 10.2. The van der Waals surface area contributed by atoms with Crippen LogP contribution in [0.3, 0.4) is 0 Å². The molecule has 2 aromatic rings. The summed E-state index contributed by atoms with van der Waals surface area (Å²) < 4.78 is 30.5. The fourth-order valence-corrected chi connectivity index (χ4v) is 2.71. The Morgan fingerprint density at radius 3 is 2.37 bits per heavy atom. The highest BCUT2D eigenvalue weighted by Crippen LogP contribution is 2.21. The highest BCUT2D eigenvalue weighted by atomic mass is 32.2. The minimum atomic E-state index is -3.42. The van der Waals surface area contributed by atoms with Crippen LogP contribution in [-0.4, -0.2) is 36.5 Å². The summed E-state index contributed by atoms with van der Waals surface area (Å²) in [5.74, 6) is 0.919. The standard InChI is InChI=1S/C12H15N3O3S/c1-4-15(3)19(16,17)11-7-5-10(6-8-11)12-13-9(2)14-18-12/h5-8H,4H2,1-3H3. The molecule has 0 bridgehead atoms. The zero-order chi connectivity index (χ0) is 14.0. The van der Waals surface area contributed by atoms with Gasteiger partial charge >= 0.3 is 0 Å². The lowest BCUT2D eigenvalue weighted by Crippen LogP contribution is -2.26. The molecule has 0 fully saturated rings. The molecular weight excluding hydrogens is 266 g/mol. The van der Waals surface area contributed by atoms with E-state index in [0.29, 0.717) is 23.8 Å². The Balaban J connectivity index is 2.34. The average Bonchev–Trinajstić information content (AvgIpc) is 2.84. The molecular formula is C12H15N3O3S. The number of sulfonamides is 1. The van der Waals surface area contributed by atoms with Crippen molar-refractivity contribution in [2.75, 3.05) is 13.6 Å². The van der Waals surface area contributed by atoms with Crippen LogP contribution in [0.2, 0.25) is 0 Å². The van der Waals surface area contributed by atoms with E-state index in [9.17, 15) is 8.42 Å². The maximum atomic E-state index is 12.1. The van der Waals surface area contributed by atoms with Gasteiger partial charge in [0.1, 0.15) is 0 Å². The quantitative estimate of drug-likeness (QED) is 0.852. The molecule has 0 saturated carbocycles. The van der Waals surface area contributed by atoms with Gasteiger partial charge in [-0.1, -0.05) is 12.1 Å². The smallest absolute Gasteiger partial charge is 0.257 e. The van der Waals surface area contributed by atoms with Crippen molar-refractivity contribution in [3.8, 4) is 11.5 Å². The van der Waals surface area contributed by atoms with Gasteiger partial charge in [-0.3, -0.25) is 0 Å². The zero-order valence-electron chi connectivity index (χ0n) is 11.0. The molecule has 0 saturated heterocycles. The van der Waals surface area contributed by atoms with Crippen LogP contribution < -0.4 is 0 Å². The van der Waals surface area contributed by atoms with Crippen LogP contribution in [0.15, 0.2) is 33.7 Å². The van der Waals surface area contributed by atoms with E-state index in [1.165, 1.54) is 16.4 Å². The summed E-state index contributed by atoms with van der Waals surface area (Å²) in [6, 6.07) is 6.39. The Kier molecular flexibility index (Phi) is 3.68. The van der Waals surface area contributed by atoms with Crippen molar-refractivity contribution in [3.05, 3.63) is 30.1 Å². The summed E-state index contributed by atoms with van der Waals surface area (Å²) in [5, 5.41) is 3.69. The van der Waals surface area contributed by atoms with Gasteiger partial charge < -0.3 is 4.52 Å². The van der Waals surface area contributed by atoms with Crippen molar-refractivity contribution in [2.24, 2.45) is 0 Å². The van der Waals surface area contributed by atoms with E-state index in [1.54, 1.807) is 33.0 Å². The number of hydrogen-bond acceptors (Lipinski definition) is 5. The van der Waals surface area contributed by atoms with Crippen LogP contribution in [-0.2, 0) is 10.0 Å². The van der Waals surface area contributed by atoms with E-state index in [0.717, 1.165) is 0 Å². The SMILES string of the molecule is CCN(C)S(=O)(=O)c1ccc(-c2nc(C)no2)cc1. The van der Waals surface area contributed by atoms with Gasteiger partial charge in [0, 0.05) is 19.2 Å². The minimum Gasteiger partial charge on any atom is -0.334 e. The fourth-order valence-electron chi connectivity index (χ4n) is 1.53. The largest absolute Gasteiger partial charge is 0.334 e. The van der Waals surface area contributed by atoms with E-state index in [2.05, 4.69) is 10.1 Å². The molecule has 0 spiro atoms. The van der Waals surface area contributed by atoms with Gasteiger partial charge in [0.15, 0.2) is 5.82 Å². The number of benzene rings is 1. The summed E-state index contributed by atoms with van der Waals surface area (Å²) >= 11 is 0. The van der Waals surface area contributed by atoms with Gasteiger partial charge in [-0.2, -0.15) is 4.98 Å². The maximum Gasteiger partial charge on any atom is 0.257 e. The molecule has 1 heterocycles. The highest BCUT2D eigenvalue weighted by molar-refractivity contribution is 7.89. The molecule has 0 atom stereocenters. The third-order valence-electron chi connectivity index (χ3n) is 2.78. The lowest BCUT2D eigenvalue weighted by Gasteiger charge is -2.14. The summed E-state index contributed by atoms with van der Waals surface area (Å²) in [5.41, 5.74) is 0.693. The monoisotopic (exact) mass is 281 g/mol. The van der Waals surface area contributed by atoms with Crippen molar-refractivity contribution < 1.29 is 12.9 Å². The van der Waals surface area contributed by atoms with E-state index in [4.69, 9.17) is 4.52 Å². The second-order valence-electron chi connectivity index (χ2n) is 4.09. The van der Waals surface area contributed by atoms with Gasteiger partial charge in [-0.15, -0.1) is 0 Å². The maximum absolute atomic E-state index is 12.1. The Morgan fingerprint density at radius 2 is 1.89 bits per heavy atom. The Bertz CT molecular complexity index is 662. The van der Waals surface area contributed by atoms with Crippen LogP contribution >= 0.6 is 0 Å². The Morgan fingerprint density at radius 1 is 1.26 bits per heavy atom. The molecule has 0 aliphatic carbocycles. The number of nitrogens with zero attached hydrogens (tertiary/aromatic N) is 3. The molecule has 0 aliphatic rings. The number of aryl methyl sites for hydroxylation is 1. The third kappa shape index (κ3) is 2.66. The molecule has 0 N–H and O–H groups in total. The lowest BCUT2D eigenvalue weighted by molar-refractivity contribution is 0.425.